The van der Waals surface area contributed by atoms with Gasteiger partial charge in [-0.3, -0.25) is 4.79 Å². The average Bonchev–Trinajstić information content (AvgIpc) is 3.73. The highest BCUT2D eigenvalue weighted by atomic mass is 32.2. The predicted molar refractivity (Wildman–Crippen MR) is 166 cm³/mol. The second kappa shape index (κ2) is 10.9. The van der Waals surface area contributed by atoms with E-state index in [1.807, 2.05) is 17.8 Å². The van der Waals surface area contributed by atoms with E-state index in [9.17, 15) is 19.1 Å². The van der Waals surface area contributed by atoms with Crippen LogP contribution < -0.4 is 0 Å². The Morgan fingerprint density at radius 2 is 2.02 bits per heavy atom. The maximum atomic E-state index is 14.0. The Bertz CT molecular complexity index is 1620. The molecular formula is C33H36FN3O5S2. The highest BCUT2D eigenvalue weighted by molar-refractivity contribution is 8.13. The van der Waals surface area contributed by atoms with E-state index in [2.05, 4.69) is 23.1 Å². The Balaban J connectivity index is 1.22. The number of ether oxygens (including phenoxy) is 2. The third-order valence-electron chi connectivity index (χ3n) is 11.1. The lowest BCUT2D eigenvalue weighted by molar-refractivity contribution is -0.174. The molecule has 1 N–H and O–H groups in total. The molecule has 8 nitrogen and oxygen atoms in total. The van der Waals surface area contributed by atoms with Gasteiger partial charge in [-0.15, -0.1) is 11.3 Å². The zero-order chi connectivity index (χ0) is 30.9. The van der Waals surface area contributed by atoms with Gasteiger partial charge in [0.2, 0.25) is 10.1 Å². The van der Waals surface area contributed by atoms with Crippen LogP contribution in [0.25, 0.3) is 11.8 Å². The van der Waals surface area contributed by atoms with Crippen molar-refractivity contribution in [2.24, 2.45) is 28.6 Å². The van der Waals surface area contributed by atoms with Gasteiger partial charge in [0, 0.05) is 24.1 Å². The molecule has 2 aromatic heterocycles. The number of esters is 1. The molecule has 7 rings (SSSR count). The number of methoxy groups -OCH3 is 1. The lowest BCUT2D eigenvalue weighted by atomic mass is 9.45. The summed E-state index contributed by atoms with van der Waals surface area (Å²) in [5, 5.41) is 18.5. The lowest BCUT2D eigenvalue weighted by Crippen LogP contribution is -2.62. The number of fused-ring (bicyclic) bond motifs is 6. The van der Waals surface area contributed by atoms with Crippen molar-refractivity contribution in [1.82, 2.24) is 14.8 Å². The Kier molecular flexibility index (Phi) is 7.38. The van der Waals surface area contributed by atoms with E-state index in [4.69, 9.17) is 9.47 Å². The first kappa shape index (κ1) is 29.8. The fourth-order valence-corrected chi connectivity index (χ4v) is 10.6. The van der Waals surface area contributed by atoms with Crippen LogP contribution in [0.1, 0.15) is 67.0 Å². The van der Waals surface area contributed by atoms with E-state index < -0.39 is 23.1 Å². The van der Waals surface area contributed by atoms with Gasteiger partial charge in [-0.1, -0.05) is 31.2 Å². The fraction of sp³-hybridized carbons (Fsp3) is 0.515. The number of aromatic nitrogens is 3. The van der Waals surface area contributed by atoms with Crippen LogP contribution in [-0.4, -0.2) is 55.7 Å². The van der Waals surface area contributed by atoms with E-state index in [-0.39, 0.29) is 45.0 Å². The minimum absolute atomic E-state index is 0.0184. The van der Waals surface area contributed by atoms with E-state index in [0.717, 1.165) is 54.4 Å². The molecule has 4 aliphatic carbocycles. The summed E-state index contributed by atoms with van der Waals surface area (Å²) in [5.74, 6) is -0.497. The number of carbonyl (C=O) groups excluding carboxylic acids is 2. The van der Waals surface area contributed by atoms with Gasteiger partial charge in [0.25, 0.3) is 0 Å². The van der Waals surface area contributed by atoms with Crippen LogP contribution in [-0.2, 0) is 20.7 Å². The van der Waals surface area contributed by atoms with Gasteiger partial charge in [0.05, 0.1) is 29.6 Å². The van der Waals surface area contributed by atoms with E-state index in [1.54, 1.807) is 23.7 Å². The number of nitrogens with zero attached hydrogens (tertiary/aromatic N) is 3. The molecule has 2 heterocycles. The Hall–Kier alpha value is -2.86. The molecular weight excluding hydrogens is 602 g/mol. The van der Waals surface area contributed by atoms with Crippen LogP contribution in [0.4, 0.5) is 4.39 Å². The smallest absolute Gasteiger partial charge is 0.368 e. The van der Waals surface area contributed by atoms with E-state index in [1.165, 1.54) is 36.2 Å². The monoisotopic (exact) mass is 637 g/mol. The molecule has 7 atom stereocenters. The van der Waals surface area contributed by atoms with Crippen molar-refractivity contribution in [3.05, 3.63) is 69.7 Å². The number of aliphatic hydroxyl groups is 1. The summed E-state index contributed by atoms with van der Waals surface area (Å²) >= 11 is 2.22. The first-order valence-electron chi connectivity index (χ1n) is 15.1. The summed E-state index contributed by atoms with van der Waals surface area (Å²) in [6.07, 6.45) is 8.95. The van der Waals surface area contributed by atoms with Crippen molar-refractivity contribution in [3.63, 3.8) is 0 Å². The predicted octanol–water partition coefficient (Wildman–Crippen LogP) is 6.08. The number of hydrogen-bond acceptors (Lipinski definition) is 9. The molecule has 0 radical (unpaired) electrons. The number of thioether (sulfide) groups is 1. The van der Waals surface area contributed by atoms with Crippen molar-refractivity contribution in [2.45, 2.75) is 64.1 Å². The van der Waals surface area contributed by atoms with Gasteiger partial charge in [0.15, 0.2) is 5.60 Å². The zero-order valence-corrected chi connectivity index (χ0v) is 26.6. The molecule has 3 fully saturated rings. The molecule has 4 aliphatic rings. The number of hydrogen-bond donors (Lipinski definition) is 1. The van der Waals surface area contributed by atoms with Gasteiger partial charge in [-0.05, 0) is 97.6 Å². The minimum Gasteiger partial charge on any atom is -0.444 e. The Labute approximate surface area is 264 Å². The molecule has 232 valence electrons. The van der Waals surface area contributed by atoms with Crippen molar-refractivity contribution in [2.75, 3.05) is 13.0 Å². The van der Waals surface area contributed by atoms with Crippen molar-refractivity contribution >= 4 is 40.3 Å². The molecule has 0 aliphatic heterocycles. The maximum absolute atomic E-state index is 14.0. The van der Waals surface area contributed by atoms with Gasteiger partial charge in [-0.25, -0.2) is 18.9 Å². The third-order valence-corrected chi connectivity index (χ3v) is 12.8. The largest absolute Gasteiger partial charge is 0.444 e. The number of thiazole rings is 1. The summed E-state index contributed by atoms with van der Waals surface area (Å²) in [7, 11) is 1.54. The molecule has 3 aromatic rings. The standard InChI is InChI=1S/C33H36FN3O5S2/c1-31-15-19-17-36-37(22-7-5-21(34)6-8-22)25(19)14-20(31)4-9-23-24-10-11-33(30(40)44-18-41-3,32(24,2)16-26(38)27(23)31)42-29(39)28-35-12-13-43-28/h5-8,12-14,17,23-24,26-27,38H,4,9-11,15-16,18H2,1-3H3/t23-,24-,26-,27+,31-,32-,33-/m0/s1. The SMILES string of the molecule is COCSC(=O)[C@@]1(OC(=O)c2nccs2)CC[C@H]2[C@@H]3CCC4=Cc5c(cnn5-c5ccc(F)cc5)C[C@]4(C)[C@H]3[C@@H](O)C[C@@]21C. The molecule has 3 saturated carbocycles. The lowest BCUT2D eigenvalue weighted by Gasteiger charge is -2.60. The topological polar surface area (TPSA) is 104 Å². The first-order chi connectivity index (χ1) is 21.1. The molecule has 0 amide bonds. The van der Waals surface area contributed by atoms with Gasteiger partial charge in [0.1, 0.15) is 5.82 Å². The maximum Gasteiger partial charge on any atom is 0.368 e. The third kappa shape index (κ3) is 4.37. The highest BCUT2D eigenvalue weighted by Crippen LogP contribution is 2.69. The van der Waals surface area contributed by atoms with Crippen LogP contribution >= 0.6 is 23.1 Å². The fourth-order valence-electron chi connectivity index (χ4n) is 9.26. The van der Waals surface area contributed by atoms with Gasteiger partial charge < -0.3 is 14.6 Å². The van der Waals surface area contributed by atoms with Crippen LogP contribution in [0, 0.1) is 34.4 Å². The quantitative estimate of drug-likeness (QED) is 0.256. The van der Waals surface area contributed by atoms with Crippen molar-refractivity contribution < 1.29 is 28.6 Å². The van der Waals surface area contributed by atoms with Crippen LogP contribution in [0.5, 0.6) is 0 Å². The minimum atomic E-state index is -1.39. The van der Waals surface area contributed by atoms with Gasteiger partial charge in [-0.2, -0.15) is 5.10 Å². The summed E-state index contributed by atoms with van der Waals surface area (Å²) in [6.45, 7) is 4.31. The van der Waals surface area contributed by atoms with Crippen LogP contribution in [0.15, 0.2) is 47.6 Å². The van der Waals surface area contributed by atoms with Crippen molar-refractivity contribution in [3.8, 4) is 5.69 Å². The second-order valence-corrected chi connectivity index (χ2v) is 15.0. The normalized spacial score (nSPS) is 33.9. The summed E-state index contributed by atoms with van der Waals surface area (Å²) in [5.41, 5.74) is 1.79. The van der Waals surface area contributed by atoms with Gasteiger partial charge >= 0.3 is 5.97 Å². The van der Waals surface area contributed by atoms with Crippen LogP contribution in [0.2, 0.25) is 0 Å². The molecule has 0 bridgehead atoms. The first-order valence-corrected chi connectivity index (χ1v) is 17.0. The Morgan fingerprint density at radius 1 is 1.23 bits per heavy atom. The average molecular weight is 638 g/mol. The Morgan fingerprint density at radius 3 is 2.75 bits per heavy atom. The number of rotatable bonds is 6. The molecule has 11 heteroatoms. The summed E-state index contributed by atoms with van der Waals surface area (Å²) < 4.78 is 27.0. The van der Waals surface area contributed by atoms with E-state index >= 15 is 0 Å². The number of aliphatic hydroxyl groups excluding tert-OH is 1. The van der Waals surface area contributed by atoms with Crippen LogP contribution in [0.3, 0.4) is 0 Å². The summed E-state index contributed by atoms with van der Waals surface area (Å²) in [4.78, 5) is 31.5. The molecule has 0 unspecified atom stereocenters. The number of carbonyl (C=O) groups is 2. The molecule has 1 aromatic carbocycles. The van der Waals surface area contributed by atoms with Crippen molar-refractivity contribution in [1.29, 1.82) is 0 Å². The van der Waals surface area contributed by atoms with E-state index in [0.29, 0.717) is 12.8 Å². The highest BCUT2D eigenvalue weighted by Gasteiger charge is 2.70. The molecule has 44 heavy (non-hydrogen) atoms. The number of benzene rings is 1. The number of allylic oxidation sites excluding steroid dienone is 1. The molecule has 0 saturated heterocycles. The summed E-state index contributed by atoms with van der Waals surface area (Å²) in [6, 6.07) is 6.35. The molecule has 0 spiro atoms. The zero-order valence-electron chi connectivity index (χ0n) is 25.0. The number of halogens is 1. The second-order valence-electron chi connectivity index (χ2n) is 13.2.